The molecule has 3 rings (SSSR count). The number of benzene rings is 1. The fraction of sp³-hybridized carbons (Fsp3) is 0.600. The van der Waals surface area contributed by atoms with Gasteiger partial charge in [0.05, 0.1) is 5.88 Å². The zero-order valence-electron chi connectivity index (χ0n) is 11.1. The molecule has 1 aromatic carbocycles. The first-order chi connectivity index (χ1) is 9.28. The maximum absolute atomic E-state index is 13.7. The highest BCUT2D eigenvalue weighted by Crippen LogP contribution is 2.31. The van der Waals surface area contributed by atoms with Crippen molar-refractivity contribution in [2.24, 2.45) is 5.92 Å². The normalized spacial score (nSPS) is 20.8. The molecule has 0 unspecified atom stereocenters. The van der Waals surface area contributed by atoms with Gasteiger partial charge in [0, 0.05) is 44.0 Å². The van der Waals surface area contributed by atoms with Crippen molar-refractivity contribution in [1.29, 1.82) is 0 Å². The van der Waals surface area contributed by atoms with Crippen LogP contribution < -0.4 is 4.90 Å². The predicted molar refractivity (Wildman–Crippen MR) is 77.3 cm³/mol. The average Bonchev–Trinajstić information content (AvgIpc) is 3.23. The summed E-state index contributed by atoms with van der Waals surface area (Å²) in [7, 11) is 0. The third kappa shape index (κ3) is 3.03. The fourth-order valence-electron chi connectivity index (χ4n) is 2.81. The molecule has 1 aromatic rings. The molecule has 2 fully saturated rings. The minimum atomic E-state index is -0.187. The molecule has 1 saturated heterocycles. The van der Waals surface area contributed by atoms with Crippen LogP contribution in [-0.4, -0.2) is 37.6 Å². The maximum atomic E-state index is 13.7. The van der Waals surface area contributed by atoms with Crippen molar-refractivity contribution in [3.8, 4) is 0 Å². The Morgan fingerprint density at radius 3 is 2.53 bits per heavy atom. The van der Waals surface area contributed by atoms with E-state index in [4.69, 9.17) is 11.6 Å². The van der Waals surface area contributed by atoms with Gasteiger partial charge < -0.3 is 4.90 Å². The van der Waals surface area contributed by atoms with Crippen molar-refractivity contribution in [2.75, 3.05) is 37.6 Å². The van der Waals surface area contributed by atoms with Crippen LogP contribution in [0.2, 0.25) is 0 Å². The average molecular weight is 283 g/mol. The highest BCUT2D eigenvalue weighted by molar-refractivity contribution is 6.17. The number of piperazine rings is 1. The summed E-state index contributed by atoms with van der Waals surface area (Å²) in [6.07, 6.45) is 2.81. The molecule has 1 aliphatic heterocycles. The predicted octanol–water partition coefficient (Wildman–Crippen LogP) is 3.10. The minimum Gasteiger partial charge on any atom is -0.369 e. The molecule has 4 heteroatoms. The maximum Gasteiger partial charge on any atom is 0.129 e. The summed E-state index contributed by atoms with van der Waals surface area (Å²) in [6.45, 7) is 5.35. The zero-order valence-corrected chi connectivity index (χ0v) is 11.9. The molecular formula is C15H20ClFN2. The topological polar surface area (TPSA) is 6.48 Å². The molecule has 104 valence electrons. The summed E-state index contributed by atoms with van der Waals surface area (Å²) >= 11 is 5.89. The molecule has 0 aromatic heterocycles. The van der Waals surface area contributed by atoms with Gasteiger partial charge in [0.2, 0.25) is 0 Å². The van der Waals surface area contributed by atoms with E-state index in [0.717, 1.165) is 37.8 Å². The van der Waals surface area contributed by atoms with Crippen LogP contribution in [0.15, 0.2) is 18.2 Å². The van der Waals surface area contributed by atoms with E-state index in [1.165, 1.54) is 25.5 Å². The molecule has 0 spiro atoms. The first-order valence-electron chi connectivity index (χ1n) is 7.08. The van der Waals surface area contributed by atoms with E-state index in [2.05, 4.69) is 9.80 Å². The largest absolute Gasteiger partial charge is 0.369 e. The van der Waals surface area contributed by atoms with E-state index < -0.39 is 0 Å². The Morgan fingerprint density at radius 1 is 1.16 bits per heavy atom. The Balaban J connectivity index is 1.65. The second-order valence-corrected chi connectivity index (χ2v) is 5.87. The molecule has 1 heterocycles. The summed E-state index contributed by atoms with van der Waals surface area (Å²) < 4.78 is 13.7. The van der Waals surface area contributed by atoms with Gasteiger partial charge in [-0.05, 0) is 30.9 Å². The van der Waals surface area contributed by atoms with E-state index in [9.17, 15) is 4.39 Å². The van der Waals surface area contributed by atoms with Crippen molar-refractivity contribution < 1.29 is 4.39 Å². The van der Waals surface area contributed by atoms with Crippen LogP contribution in [0.1, 0.15) is 18.4 Å². The van der Waals surface area contributed by atoms with Crippen LogP contribution in [0, 0.1) is 11.7 Å². The summed E-state index contributed by atoms with van der Waals surface area (Å²) in [5.41, 5.74) is 1.61. The number of halogens is 2. The van der Waals surface area contributed by atoms with Crippen LogP contribution in [-0.2, 0) is 5.88 Å². The van der Waals surface area contributed by atoms with E-state index >= 15 is 0 Å². The number of hydrogen-bond donors (Lipinski definition) is 0. The molecule has 0 atom stereocenters. The van der Waals surface area contributed by atoms with Crippen LogP contribution in [0.3, 0.4) is 0 Å². The second kappa shape index (κ2) is 5.68. The van der Waals surface area contributed by atoms with Crippen molar-refractivity contribution in [3.05, 3.63) is 29.6 Å². The lowest BCUT2D eigenvalue weighted by atomic mass is 10.1. The first kappa shape index (κ1) is 13.2. The Bertz CT molecular complexity index is 440. The lowest BCUT2D eigenvalue weighted by Gasteiger charge is -2.37. The van der Waals surface area contributed by atoms with E-state index in [1.807, 2.05) is 6.07 Å². The van der Waals surface area contributed by atoms with Crippen molar-refractivity contribution in [2.45, 2.75) is 18.7 Å². The molecular weight excluding hydrogens is 263 g/mol. The quantitative estimate of drug-likeness (QED) is 0.783. The molecule has 2 nitrogen and oxygen atoms in total. The zero-order chi connectivity index (χ0) is 13.2. The van der Waals surface area contributed by atoms with Gasteiger partial charge in [-0.15, -0.1) is 11.6 Å². The van der Waals surface area contributed by atoms with Crippen molar-refractivity contribution in [1.82, 2.24) is 4.90 Å². The number of nitrogens with zero attached hydrogens (tertiary/aromatic N) is 2. The standard InChI is InChI=1S/C15H20ClFN2/c16-10-13-14(17)2-1-3-15(13)19-8-6-18(7-9-19)11-12-4-5-12/h1-3,12H,4-11H2. The van der Waals surface area contributed by atoms with Gasteiger partial charge in [-0.2, -0.15) is 0 Å². The lowest BCUT2D eigenvalue weighted by molar-refractivity contribution is 0.248. The second-order valence-electron chi connectivity index (χ2n) is 5.60. The van der Waals surface area contributed by atoms with Crippen molar-refractivity contribution >= 4 is 17.3 Å². The van der Waals surface area contributed by atoms with E-state index in [-0.39, 0.29) is 11.7 Å². The van der Waals surface area contributed by atoms with Gasteiger partial charge in [-0.1, -0.05) is 6.07 Å². The van der Waals surface area contributed by atoms with Crippen molar-refractivity contribution in [3.63, 3.8) is 0 Å². The fourth-order valence-corrected chi connectivity index (χ4v) is 3.08. The molecule has 19 heavy (non-hydrogen) atoms. The molecule has 0 radical (unpaired) electrons. The molecule has 0 amide bonds. The highest BCUT2D eigenvalue weighted by Gasteiger charge is 2.27. The van der Waals surface area contributed by atoms with Crippen LogP contribution in [0.25, 0.3) is 0 Å². The number of anilines is 1. The van der Waals surface area contributed by atoms with Crippen LogP contribution >= 0.6 is 11.6 Å². The summed E-state index contributed by atoms with van der Waals surface area (Å²) in [4.78, 5) is 4.80. The van der Waals surface area contributed by atoms with Crippen LogP contribution in [0.5, 0.6) is 0 Å². The minimum absolute atomic E-state index is 0.187. The van der Waals surface area contributed by atoms with Gasteiger partial charge in [-0.25, -0.2) is 4.39 Å². The summed E-state index contributed by atoms with van der Waals surface area (Å²) in [5.74, 6) is 0.997. The Kier molecular flexibility index (Phi) is 3.94. The smallest absolute Gasteiger partial charge is 0.129 e. The number of rotatable bonds is 4. The van der Waals surface area contributed by atoms with Gasteiger partial charge in [-0.3, -0.25) is 4.90 Å². The molecule has 0 bridgehead atoms. The Hall–Kier alpha value is -0.800. The molecule has 1 saturated carbocycles. The van der Waals surface area contributed by atoms with Gasteiger partial charge in [0.1, 0.15) is 5.82 Å². The summed E-state index contributed by atoms with van der Waals surface area (Å²) in [6, 6.07) is 5.25. The SMILES string of the molecule is Fc1cccc(N2CCN(CC3CC3)CC2)c1CCl. The lowest BCUT2D eigenvalue weighted by Crippen LogP contribution is -2.47. The van der Waals surface area contributed by atoms with E-state index in [0.29, 0.717) is 5.56 Å². The first-order valence-corrected chi connectivity index (χ1v) is 7.62. The van der Waals surface area contributed by atoms with Crippen LogP contribution in [0.4, 0.5) is 10.1 Å². The Labute approximate surface area is 119 Å². The Morgan fingerprint density at radius 2 is 1.89 bits per heavy atom. The summed E-state index contributed by atoms with van der Waals surface area (Å²) in [5, 5.41) is 0. The number of hydrogen-bond acceptors (Lipinski definition) is 2. The third-order valence-corrected chi connectivity index (χ3v) is 4.42. The molecule has 0 N–H and O–H groups in total. The number of alkyl halides is 1. The molecule has 2 aliphatic rings. The monoisotopic (exact) mass is 282 g/mol. The van der Waals surface area contributed by atoms with E-state index in [1.54, 1.807) is 6.07 Å². The third-order valence-electron chi connectivity index (χ3n) is 4.15. The molecule has 1 aliphatic carbocycles. The van der Waals surface area contributed by atoms with Gasteiger partial charge >= 0.3 is 0 Å². The van der Waals surface area contributed by atoms with Gasteiger partial charge in [0.25, 0.3) is 0 Å². The van der Waals surface area contributed by atoms with Gasteiger partial charge in [0.15, 0.2) is 0 Å². The highest BCUT2D eigenvalue weighted by atomic mass is 35.5.